The predicted molar refractivity (Wildman–Crippen MR) is 62.9 cm³/mol. The van der Waals surface area contributed by atoms with Crippen LogP contribution in [-0.2, 0) is 21.3 Å². The average molecular weight is 262 g/mol. The molecule has 0 spiro atoms. The Morgan fingerprint density at radius 2 is 2.24 bits per heavy atom. The van der Waals surface area contributed by atoms with Crippen molar-refractivity contribution in [3.63, 3.8) is 0 Å². The van der Waals surface area contributed by atoms with Gasteiger partial charge in [-0.05, 0) is 32.0 Å². The van der Waals surface area contributed by atoms with Gasteiger partial charge in [0.1, 0.15) is 5.76 Å². The van der Waals surface area contributed by atoms with E-state index >= 15 is 0 Å². The molecule has 0 amide bonds. The number of primary sulfonamides is 1. The normalized spacial score (nSPS) is 11.9. The number of nitrogens with one attached hydrogen (secondary N) is 1. The molecule has 98 valence electrons. The summed E-state index contributed by atoms with van der Waals surface area (Å²) in [4.78, 5) is 0. The number of ether oxygens (including phenoxy) is 1. The SMILES string of the molecule is CCOCCCNCc1ccc(S(N)(=O)=O)o1. The summed E-state index contributed by atoms with van der Waals surface area (Å²) < 4.78 is 32.1. The van der Waals surface area contributed by atoms with Gasteiger partial charge in [-0.25, -0.2) is 13.6 Å². The number of rotatable bonds is 8. The first-order valence-corrected chi connectivity index (χ1v) is 6.98. The van der Waals surface area contributed by atoms with Gasteiger partial charge >= 0.3 is 0 Å². The maximum absolute atomic E-state index is 10.9. The van der Waals surface area contributed by atoms with Crippen molar-refractivity contribution in [2.75, 3.05) is 19.8 Å². The third-order valence-electron chi connectivity index (χ3n) is 2.06. The van der Waals surface area contributed by atoms with Crippen molar-refractivity contribution >= 4 is 10.0 Å². The molecule has 0 saturated heterocycles. The van der Waals surface area contributed by atoms with Gasteiger partial charge in [0, 0.05) is 13.2 Å². The number of nitrogens with two attached hydrogens (primary N) is 1. The second kappa shape index (κ2) is 6.75. The highest BCUT2D eigenvalue weighted by atomic mass is 32.2. The highest BCUT2D eigenvalue weighted by Gasteiger charge is 2.12. The van der Waals surface area contributed by atoms with Crippen LogP contribution in [0.15, 0.2) is 21.6 Å². The van der Waals surface area contributed by atoms with Gasteiger partial charge < -0.3 is 14.5 Å². The monoisotopic (exact) mass is 262 g/mol. The topological polar surface area (TPSA) is 94.6 Å². The van der Waals surface area contributed by atoms with Gasteiger partial charge in [-0.2, -0.15) is 0 Å². The number of sulfonamides is 1. The molecule has 6 nitrogen and oxygen atoms in total. The van der Waals surface area contributed by atoms with Crippen molar-refractivity contribution in [2.45, 2.75) is 25.0 Å². The van der Waals surface area contributed by atoms with Gasteiger partial charge in [0.15, 0.2) is 0 Å². The van der Waals surface area contributed by atoms with E-state index in [1.54, 1.807) is 6.07 Å². The van der Waals surface area contributed by atoms with E-state index in [1.165, 1.54) is 6.07 Å². The minimum Gasteiger partial charge on any atom is -0.447 e. The van der Waals surface area contributed by atoms with E-state index in [9.17, 15) is 8.42 Å². The molecule has 0 aliphatic heterocycles. The fourth-order valence-electron chi connectivity index (χ4n) is 1.26. The molecule has 1 heterocycles. The molecule has 1 aromatic rings. The molecule has 0 bridgehead atoms. The molecule has 0 aliphatic carbocycles. The fourth-order valence-corrected chi connectivity index (χ4v) is 1.74. The summed E-state index contributed by atoms with van der Waals surface area (Å²) in [6.07, 6.45) is 0.899. The van der Waals surface area contributed by atoms with Crippen LogP contribution in [0, 0.1) is 0 Å². The van der Waals surface area contributed by atoms with E-state index in [-0.39, 0.29) is 5.09 Å². The first kappa shape index (κ1) is 14.2. The standard InChI is InChI=1S/C10H18N2O4S/c1-2-15-7-3-6-12-8-9-4-5-10(16-9)17(11,13)14/h4-5,12H,2-3,6-8H2,1H3,(H2,11,13,14). The largest absolute Gasteiger partial charge is 0.447 e. The van der Waals surface area contributed by atoms with Crippen molar-refractivity contribution in [1.29, 1.82) is 0 Å². The molecule has 7 heteroatoms. The van der Waals surface area contributed by atoms with Crippen molar-refractivity contribution < 1.29 is 17.6 Å². The molecule has 1 aromatic heterocycles. The summed E-state index contributed by atoms with van der Waals surface area (Å²) >= 11 is 0. The number of furan rings is 1. The Morgan fingerprint density at radius 3 is 2.82 bits per heavy atom. The summed E-state index contributed by atoms with van der Waals surface area (Å²) in [5, 5.41) is 7.83. The van der Waals surface area contributed by atoms with E-state index in [0.29, 0.717) is 18.9 Å². The van der Waals surface area contributed by atoms with Gasteiger partial charge in [-0.15, -0.1) is 0 Å². The lowest BCUT2D eigenvalue weighted by Crippen LogP contribution is -2.16. The average Bonchev–Trinajstić information content (AvgIpc) is 2.71. The molecule has 1 rings (SSSR count). The van der Waals surface area contributed by atoms with Crippen LogP contribution in [0.25, 0.3) is 0 Å². The molecule has 3 N–H and O–H groups in total. The summed E-state index contributed by atoms with van der Waals surface area (Å²) in [5.74, 6) is 0.547. The van der Waals surface area contributed by atoms with Gasteiger partial charge in [0.2, 0.25) is 5.09 Å². The maximum Gasteiger partial charge on any atom is 0.271 e. The molecule has 0 saturated carbocycles. The van der Waals surface area contributed by atoms with Crippen molar-refractivity contribution in [2.24, 2.45) is 5.14 Å². The van der Waals surface area contributed by atoms with Gasteiger partial charge in [0.25, 0.3) is 10.0 Å². The lowest BCUT2D eigenvalue weighted by Gasteiger charge is -2.02. The van der Waals surface area contributed by atoms with Crippen molar-refractivity contribution in [3.8, 4) is 0 Å². The van der Waals surface area contributed by atoms with Crippen LogP contribution < -0.4 is 10.5 Å². The summed E-state index contributed by atoms with van der Waals surface area (Å²) in [6, 6.07) is 2.95. The van der Waals surface area contributed by atoms with Gasteiger partial charge in [-0.3, -0.25) is 0 Å². The lowest BCUT2D eigenvalue weighted by molar-refractivity contribution is 0.144. The van der Waals surface area contributed by atoms with E-state index in [4.69, 9.17) is 14.3 Å². The van der Waals surface area contributed by atoms with Crippen molar-refractivity contribution in [3.05, 3.63) is 17.9 Å². The Hall–Kier alpha value is -0.890. The Bertz CT molecular complexity index is 427. The Morgan fingerprint density at radius 1 is 1.47 bits per heavy atom. The predicted octanol–water partition coefficient (Wildman–Crippen LogP) is 0.443. The van der Waals surface area contributed by atoms with Crippen LogP contribution >= 0.6 is 0 Å². The van der Waals surface area contributed by atoms with E-state index in [2.05, 4.69) is 5.32 Å². The molecule has 17 heavy (non-hydrogen) atoms. The fraction of sp³-hybridized carbons (Fsp3) is 0.600. The molecule has 0 fully saturated rings. The smallest absolute Gasteiger partial charge is 0.271 e. The maximum atomic E-state index is 10.9. The van der Waals surface area contributed by atoms with Crippen LogP contribution in [0.2, 0.25) is 0 Å². The summed E-state index contributed by atoms with van der Waals surface area (Å²) in [7, 11) is -3.74. The summed E-state index contributed by atoms with van der Waals surface area (Å²) in [5.41, 5.74) is 0. The van der Waals surface area contributed by atoms with Crippen LogP contribution in [0.3, 0.4) is 0 Å². The number of hydrogen-bond donors (Lipinski definition) is 2. The first-order chi connectivity index (χ1) is 8.04. The Labute approximate surface area is 101 Å². The zero-order valence-corrected chi connectivity index (χ0v) is 10.6. The van der Waals surface area contributed by atoms with Gasteiger partial charge in [0.05, 0.1) is 6.54 Å². The molecule has 0 unspecified atom stereocenters. The molecule has 0 radical (unpaired) electrons. The minimum absolute atomic E-state index is 0.205. The van der Waals surface area contributed by atoms with E-state index in [0.717, 1.165) is 19.6 Å². The third kappa shape index (κ3) is 5.31. The third-order valence-corrected chi connectivity index (χ3v) is 2.84. The Balaban J connectivity index is 2.26. The van der Waals surface area contributed by atoms with Crippen LogP contribution in [0.4, 0.5) is 0 Å². The highest BCUT2D eigenvalue weighted by molar-refractivity contribution is 7.89. The minimum atomic E-state index is -3.74. The highest BCUT2D eigenvalue weighted by Crippen LogP contribution is 2.11. The zero-order chi connectivity index (χ0) is 12.7. The molecule has 0 aliphatic rings. The zero-order valence-electron chi connectivity index (χ0n) is 9.81. The Kier molecular flexibility index (Phi) is 5.63. The lowest BCUT2D eigenvalue weighted by atomic mass is 10.4. The van der Waals surface area contributed by atoms with Gasteiger partial charge in [-0.1, -0.05) is 0 Å². The van der Waals surface area contributed by atoms with Crippen molar-refractivity contribution in [1.82, 2.24) is 5.32 Å². The molecule has 0 atom stereocenters. The number of hydrogen-bond acceptors (Lipinski definition) is 5. The molecular weight excluding hydrogens is 244 g/mol. The quantitative estimate of drug-likeness (QED) is 0.663. The van der Waals surface area contributed by atoms with Crippen LogP contribution in [-0.4, -0.2) is 28.2 Å². The summed E-state index contributed by atoms with van der Waals surface area (Å²) in [6.45, 7) is 4.64. The van der Waals surface area contributed by atoms with E-state index < -0.39 is 10.0 Å². The molecule has 0 aromatic carbocycles. The van der Waals surface area contributed by atoms with Crippen LogP contribution in [0.1, 0.15) is 19.1 Å². The molecular formula is C10H18N2O4S. The van der Waals surface area contributed by atoms with E-state index in [1.807, 2.05) is 6.92 Å². The van der Waals surface area contributed by atoms with Crippen LogP contribution in [0.5, 0.6) is 0 Å². The first-order valence-electron chi connectivity index (χ1n) is 5.44. The second-order valence-corrected chi connectivity index (χ2v) is 4.99. The second-order valence-electron chi connectivity index (χ2n) is 3.49.